The highest BCUT2D eigenvalue weighted by Crippen LogP contribution is 2.38. The van der Waals surface area contributed by atoms with Crippen molar-refractivity contribution in [3.05, 3.63) is 35.4 Å². The van der Waals surface area contributed by atoms with Crippen LogP contribution < -0.4 is 11.3 Å². The normalized spacial score (nSPS) is 18.6. The van der Waals surface area contributed by atoms with Crippen LogP contribution in [0, 0.1) is 17.6 Å². The second-order valence-corrected chi connectivity index (χ2v) is 3.97. The first-order valence-electron chi connectivity index (χ1n) is 5.14. The summed E-state index contributed by atoms with van der Waals surface area (Å²) in [5.41, 5.74) is 2.60. The Morgan fingerprint density at radius 3 is 2.27 bits per heavy atom. The summed E-state index contributed by atoms with van der Waals surface area (Å²) in [6.45, 7) is 0. The molecule has 0 amide bonds. The average molecular weight is 212 g/mol. The van der Waals surface area contributed by atoms with Crippen molar-refractivity contribution in [3.8, 4) is 0 Å². The Labute approximate surface area is 87.4 Å². The third kappa shape index (κ3) is 1.87. The second kappa shape index (κ2) is 4.24. The SMILES string of the molecule is NNC(c1c(F)cccc1F)C1CCC1. The topological polar surface area (TPSA) is 38.0 Å². The van der Waals surface area contributed by atoms with E-state index in [1.165, 1.54) is 18.2 Å². The summed E-state index contributed by atoms with van der Waals surface area (Å²) in [4.78, 5) is 0. The van der Waals surface area contributed by atoms with Gasteiger partial charge in [-0.2, -0.15) is 0 Å². The van der Waals surface area contributed by atoms with Crippen LogP contribution in [0.3, 0.4) is 0 Å². The Hall–Kier alpha value is -1.00. The van der Waals surface area contributed by atoms with E-state index in [9.17, 15) is 8.78 Å². The van der Waals surface area contributed by atoms with Crippen LogP contribution in [0.1, 0.15) is 30.9 Å². The van der Waals surface area contributed by atoms with Crippen molar-refractivity contribution in [2.24, 2.45) is 11.8 Å². The first-order chi connectivity index (χ1) is 7.24. The van der Waals surface area contributed by atoms with Gasteiger partial charge in [-0.3, -0.25) is 11.3 Å². The van der Waals surface area contributed by atoms with Crippen LogP contribution >= 0.6 is 0 Å². The smallest absolute Gasteiger partial charge is 0.130 e. The minimum absolute atomic E-state index is 0.0738. The van der Waals surface area contributed by atoms with E-state index in [1.54, 1.807) is 0 Å². The van der Waals surface area contributed by atoms with E-state index < -0.39 is 17.7 Å². The minimum atomic E-state index is -0.523. The first kappa shape index (κ1) is 10.5. The second-order valence-electron chi connectivity index (χ2n) is 3.97. The number of hydrogen-bond donors (Lipinski definition) is 2. The number of nitrogens with two attached hydrogens (primary N) is 1. The van der Waals surface area contributed by atoms with E-state index in [2.05, 4.69) is 5.43 Å². The van der Waals surface area contributed by atoms with E-state index in [0.29, 0.717) is 0 Å². The Bertz CT molecular complexity index is 330. The van der Waals surface area contributed by atoms with Crippen molar-refractivity contribution >= 4 is 0 Å². The minimum Gasteiger partial charge on any atom is -0.271 e. The highest BCUT2D eigenvalue weighted by Gasteiger charge is 2.31. The predicted octanol–water partition coefficient (Wildman–Crippen LogP) is 2.27. The number of rotatable bonds is 3. The molecule has 2 rings (SSSR count). The van der Waals surface area contributed by atoms with Gasteiger partial charge in [0.25, 0.3) is 0 Å². The van der Waals surface area contributed by atoms with Crippen molar-refractivity contribution in [2.75, 3.05) is 0 Å². The third-order valence-corrected chi connectivity index (χ3v) is 3.11. The fraction of sp³-hybridized carbons (Fsp3) is 0.455. The highest BCUT2D eigenvalue weighted by molar-refractivity contribution is 5.24. The van der Waals surface area contributed by atoms with Gasteiger partial charge in [0.1, 0.15) is 11.6 Å². The molecule has 1 aliphatic rings. The molecule has 1 aromatic carbocycles. The van der Waals surface area contributed by atoms with E-state index in [0.717, 1.165) is 19.3 Å². The molecule has 1 aromatic rings. The van der Waals surface area contributed by atoms with Gasteiger partial charge in [0, 0.05) is 5.56 Å². The molecule has 0 radical (unpaired) electrons. The maximum absolute atomic E-state index is 13.5. The summed E-state index contributed by atoms with van der Waals surface area (Å²) in [7, 11) is 0. The fourth-order valence-electron chi connectivity index (χ4n) is 2.04. The van der Waals surface area contributed by atoms with Crippen molar-refractivity contribution in [3.63, 3.8) is 0 Å². The molecule has 0 spiro atoms. The third-order valence-electron chi connectivity index (χ3n) is 3.11. The van der Waals surface area contributed by atoms with Gasteiger partial charge in [0.15, 0.2) is 0 Å². The zero-order chi connectivity index (χ0) is 10.8. The zero-order valence-electron chi connectivity index (χ0n) is 8.34. The summed E-state index contributed by atoms with van der Waals surface area (Å²) in [6, 6.07) is 3.49. The standard InChI is InChI=1S/C11H14F2N2/c12-8-5-2-6-9(13)10(8)11(15-14)7-3-1-4-7/h2,5-7,11,15H,1,3-4,14H2. The number of hydrogen-bond acceptors (Lipinski definition) is 2. The van der Waals surface area contributed by atoms with Crippen molar-refractivity contribution < 1.29 is 8.78 Å². The Kier molecular flexibility index (Phi) is 2.98. The summed E-state index contributed by atoms with van der Waals surface area (Å²) >= 11 is 0. The van der Waals surface area contributed by atoms with Crippen LogP contribution in [0.5, 0.6) is 0 Å². The van der Waals surface area contributed by atoms with Gasteiger partial charge < -0.3 is 0 Å². The molecule has 4 heteroatoms. The largest absolute Gasteiger partial charge is 0.271 e. The number of hydrazine groups is 1. The molecule has 1 aliphatic carbocycles. The number of benzene rings is 1. The predicted molar refractivity (Wildman–Crippen MR) is 53.8 cm³/mol. The van der Waals surface area contributed by atoms with E-state index >= 15 is 0 Å². The van der Waals surface area contributed by atoms with Crippen LogP contribution in [0.15, 0.2) is 18.2 Å². The first-order valence-corrected chi connectivity index (χ1v) is 5.14. The summed E-state index contributed by atoms with van der Waals surface area (Å²) in [6.07, 6.45) is 3.06. The Balaban J connectivity index is 2.32. The molecule has 0 aliphatic heterocycles. The monoisotopic (exact) mass is 212 g/mol. The molecule has 15 heavy (non-hydrogen) atoms. The van der Waals surface area contributed by atoms with Gasteiger partial charge in [-0.25, -0.2) is 8.78 Å². The van der Waals surface area contributed by atoms with Gasteiger partial charge >= 0.3 is 0 Å². The Morgan fingerprint density at radius 1 is 1.27 bits per heavy atom. The highest BCUT2D eigenvalue weighted by atomic mass is 19.1. The van der Waals surface area contributed by atoms with Crippen LogP contribution in [0.25, 0.3) is 0 Å². The van der Waals surface area contributed by atoms with E-state index in [1.807, 2.05) is 0 Å². The molecule has 1 fully saturated rings. The molecule has 0 heterocycles. The van der Waals surface area contributed by atoms with Crippen LogP contribution in [0.2, 0.25) is 0 Å². The van der Waals surface area contributed by atoms with Gasteiger partial charge in [0.05, 0.1) is 6.04 Å². The lowest BCUT2D eigenvalue weighted by Gasteiger charge is -2.33. The Morgan fingerprint density at radius 2 is 1.87 bits per heavy atom. The molecule has 1 unspecified atom stereocenters. The zero-order valence-corrected chi connectivity index (χ0v) is 8.34. The lowest BCUT2D eigenvalue weighted by molar-refractivity contribution is 0.224. The molecule has 0 aromatic heterocycles. The van der Waals surface area contributed by atoms with Gasteiger partial charge in [-0.15, -0.1) is 0 Å². The molecule has 3 N–H and O–H groups in total. The maximum atomic E-state index is 13.5. The lowest BCUT2D eigenvalue weighted by Crippen LogP contribution is -2.37. The number of nitrogens with one attached hydrogen (secondary N) is 1. The molecular formula is C11H14F2N2. The molecular weight excluding hydrogens is 198 g/mol. The van der Waals surface area contributed by atoms with Crippen molar-refractivity contribution in [1.29, 1.82) is 0 Å². The van der Waals surface area contributed by atoms with E-state index in [4.69, 9.17) is 5.84 Å². The van der Waals surface area contributed by atoms with Crippen LogP contribution in [-0.2, 0) is 0 Å². The summed E-state index contributed by atoms with van der Waals surface area (Å²) in [5.74, 6) is 4.57. The average Bonchev–Trinajstić information content (AvgIpc) is 2.12. The van der Waals surface area contributed by atoms with Gasteiger partial charge in [-0.05, 0) is 30.9 Å². The fourth-order valence-corrected chi connectivity index (χ4v) is 2.04. The molecule has 82 valence electrons. The number of halogens is 2. The summed E-state index contributed by atoms with van der Waals surface area (Å²) in [5, 5.41) is 0. The molecule has 1 saturated carbocycles. The quantitative estimate of drug-likeness (QED) is 0.595. The molecule has 0 saturated heterocycles. The molecule has 2 nitrogen and oxygen atoms in total. The molecule has 0 bridgehead atoms. The summed E-state index contributed by atoms with van der Waals surface area (Å²) < 4.78 is 26.9. The molecule has 1 atom stereocenters. The van der Waals surface area contributed by atoms with Crippen LogP contribution in [0.4, 0.5) is 8.78 Å². The lowest BCUT2D eigenvalue weighted by atomic mass is 9.77. The van der Waals surface area contributed by atoms with Gasteiger partial charge in [-0.1, -0.05) is 12.5 Å². The van der Waals surface area contributed by atoms with Crippen molar-refractivity contribution in [1.82, 2.24) is 5.43 Å². The van der Waals surface area contributed by atoms with Gasteiger partial charge in [0.2, 0.25) is 0 Å². The van der Waals surface area contributed by atoms with Crippen LogP contribution in [-0.4, -0.2) is 0 Å². The van der Waals surface area contributed by atoms with E-state index in [-0.39, 0.29) is 11.5 Å². The van der Waals surface area contributed by atoms with Crippen molar-refractivity contribution in [2.45, 2.75) is 25.3 Å². The maximum Gasteiger partial charge on any atom is 0.130 e.